The minimum atomic E-state index is -3.98. The highest BCUT2D eigenvalue weighted by atomic mass is 32.2. The monoisotopic (exact) mass is 406 g/mol. The van der Waals surface area contributed by atoms with Crippen LogP contribution in [0.1, 0.15) is 43.1 Å². The van der Waals surface area contributed by atoms with Crippen molar-refractivity contribution < 1.29 is 17.6 Å². The summed E-state index contributed by atoms with van der Waals surface area (Å²) in [5, 5.41) is 2.85. The van der Waals surface area contributed by atoms with Gasteiger partial charge in [0.2, 0.25) is 10.0 Å². The van der Waals surface area contributed by atoms with E-state index in [1.54, 1.807) is 13.8 Å². The minimum absolute atomic E-state index is 0.111. The normalized spacial score (nSPS) is 12.8. The summed E-state index contributed by atoms with van der Waals surface area (Å²) in [7, 11) is -3.98. The van der Waals surface area contributed by atoms with E-state index in [2.05, 4.69) is 5.32 Å². The molecule has 0 heterocycles. The number of amides is 1. The van der Waals surface area contributed by atoms with Gasteiger partial charge in [0.25, 0.3) is 5.91 Å². The molecule has 1 N–H and O–H groups in total. The van der Waals surface area contributed by atoms with Gasteiger partial charge in [-0.15, -0.1) is 0 Å². The van der Waals surface area contributed by atoms with Crippen molar-refractivity contribution in [3.63, 3.8) is 0 Å². The lowest BCUT2D eigenvalue weighted by Crippen LogP contribution is -2.34. The second-order valence-corrected chi connectivity index (χ2v) is 8.54. The summed E-state index contributed by atoms with van der Waals surface area (Å²) in [6.45, 7) is 5.71. The van der Waals surface area contributed by atoms with Gasteiger partial charge in [-0.1, -0.05) is 44.2 Å². The summed E-state index contributed by atoms with van der Waals surface area (Å²) in [5.74, 6) is -1.28. The van der Waals surface area contributed by atoms with Gasteiger partial charge in [0, 0.05) is 24.7 Å². The average molecular weight is 407 g/mol. The van der Waals surface area contributed by atoms with Gasteiger partial charge in [0.15, 0.2) is 0 Å². The van der Waals surface area contributed by atoms with Crippen LogP contribution in [0.25, 0.3) is 0 Å². The molecule has 5 nitrogen and oxygen atoms in total. The summed E-state index contributed by atoms with van der Waals surface area (Å²) < 4.78 is 40.6. The molecule has 2 aromatic carbocycles. The maximum absolute atomic E-state index is 14.2. The number of aryl methyl sites for hydroxylation is 1. The molecular weight excluding hydrogens is 379 g/mol. The van der Waals surface area contributed by atoms with Crippen molar-refractivity contribution in [3.8, 4) is 0 Å². The van der Waals surface area contributed by atoms with Gasteiger partial charge in [-0.2, -0.15) is 4.31 Å². The van der Waals surface area contributed by atoms with Crippen LogP contribution in [0.15, 0.2) is 53.4 Å². The second-order valence-electron chi connectivity index (χ2n) is 6.63. The summed E-state index contributed by atoms with van der Waals surface area (Å²) >= 11 is 0. The number of benzene rings is 2. The van der Waals surface area contributed by atoms with E-state index in [-0.39, 0.29) is 24.7 Å². The fraction of sp³-hybridized carbons (Fsp3) is 0.381. The Labute approximate surface area is 166 Å². The quantitative estimate of drug-likeness (QED) is 0.692. The Bertz CT molecular complexity index is 897. The van der Waals surface area contributed by atoms with Gasteiger partial charge in [-0.05, 0) is 43.5 Å². The average Bonchev–Trinajstić information content (AvgIpc) is 2.68. The van der Waals surface area contributed by atoms with Crippen molar-refractivity contribution in [1.82, 2.24) is 9.62 Å². The predicted octanol–water partition coefficient (Wildman–Crippen LogP) is 3.61. The number of sulfonamides is 1. The Morgan fingerprint density at radius 3 is 2.36 bits per heavy atom. The molecule has 0 saturated heterocycles. The molecule has 0 radical (unpaired) electrons. The molecule has 0 aliphatic carbocycles. The Hall–Kier alpha value is -2.25. The van der Waals surface area contributed by atoms with Gasteiger partial charge >= 0.3 is 0 Å². The summed E-state index contributed by atoms with van der Waals surface area (Å²) in [6.07, 6.45) is 1.55. The third kappa shape index (κ3) is 5.39. The van der Waals surface area contributed by atoms with Gasteiger partial charge in [0.1, 0.15) is 10.7 Å². The van der Waals surface area contributed by atoms with Gasteiger partial charge < -0.3 is 5.32 Å². The zero-order chi connectivity index (χ0) is 20.7. The fourth-order valence-electron chi connectivity index (χ4n) is 2.95. The summed E-state index contributed by atoms with van der Waals surface area (Å²) in [4.78, 5) is 12.1. The van der Waals surface area contributed by atoms with Crippen LogP contribution in [0.3, 0.4) is 0 Å². The van der Waals surface area contributed by atoms with E-state index >= 15 is 0 Å². The first kappa shape index (κ1) is 22.0. The third-order valence-electron chi connectivity index (χ3n) is 4.60. The predicted molar refractivity (Wildman–Crippen MR) is 108 cm³/mol. The Kier molecular flexibility index (Phi) is 7.71. The number of rotatable bonds is 9. The first-order valence-electron chi connectivity index (χ1n) is 9.44. The van der Waals surface area contributed by atoms with Crippen molar-refractivity contribution in [3.05, 3.63) is 65.5 Å². The highest BCUT2D eigenvalue weighted by molar-refractivity contribution is 7.89. The van der Waals surface area contributed by atoms with Crippen LogP contribution in [-0.2, 0) is 16.4 Å². The van der Waals surface area contributed by atoms with Crippen molar-refractivity contribution in [1.29, 1.82) is 0 Å². The molecule has 0 aromatic heterocycles. The Morgan fingerprint density at radius 1 is 1.11 bits per heavy atom. The first-order chi connectivity index (χ1) is 13.3. The summed E-state index contributed by atoms with van der Waals surface area (Å²) in [6, 6.07) is 13.3. The highest BCUT2D eigenvalue weighted by Crippen LogP contribution is 2.21. The molecule has 0 aliphatic heterocycles. The van der Waals surface area contributed by atoms with E-state index in [0.717, 1.165) is 29.3 Å². The maximum Gasteiger partial charge on any atom is 0.251 e. The number of carbonyl (C=O) groups excluding carboxylic acids is 1. The van der Waals surface area contributed by atoms with Gasteiger partial charge in [-0.3, -0.25) is 4.79 Å². The van der Waals surface area contributed by atoms with Crippen LogP contribution in [0.5, 0.6) is 0 Å². The van der Waals surface area contributed by atoms with Crippen molar-refractivity contribution >= 4 is 15.9 Å². The van der Waals surface area contributed by atoms with E-state index in [1.165, 1.54) is 11.6 Å². The SMILES string of the molecule is CCN(CC)S(=O)(=O)c1cc(C(=O)NC(C)CCc2ccccc2)ccc1F. The summed E-state index contributed by atoms with van der Waals surface area (Å²) in [5.41, 5.74) is 1.30. The van der Waals surface area contributed by atoms with Crippen LogP contribution >= 0.6 is 0 Å². The molecule has 0 fully saturated rings. The number of nitrogens with zero attached hydrogens (tertiary/aromatic N) is 1. The largest absolute Gasteiger partial charge is 0.350 e. The Balaban J connectivity index is 2.11. The molecule has 0 saturated carbocycles. The van der Waals surface area contributed by atoms with E-state index in [1.807, 2.05) is 37.3 Å². The number of nitrogens with one attached hydrogen (secondary N) is 1. The number of carbonyl (C=O) groups is 1. The molecule has 0 spiro atoms. The molecule has 1 amide bonds. The molecule has 2 rings (SSSR count). The van der Waals surface area contributed by atoms with Gasteiger partial charge in [-0.25, -0.2) is 12.8 Å². The Morgan fingerprint density at radius 2 is 1.75 bits per heavy atom. The highest BCUT2D eigenvalue weighted by Gasteiger charge is 2.26. The lowest BCUT2D eigenvalue weighted by molar-refractivity contribution is 0.0938. The molecule has 0 bridgehead atoms. The number of hydrogen-bond acceptors (Lipinski definition) is 3. The fourth-order valence-corrected chi connectivity index (χ4v) is 4.50. The molecule has 2 aromatic rings. The first-order valence-corrected chi connectivity index (χ1v) is 10.9. The van der Waals surface area contributed by atoms with E-state index in [0.29, 0.717) is 0 Å². The molecule has 152 valence electrons. The van der Waals surface area contributed by atoms with Crippen LogP contribution in [0, 0.1) is 5.82 Å². The zero-order valence-electron chi connectivity index (χ0n) is 16.5. The molecule has 7 heteroatoms. The minimum Gasteiger partial charge on any atom is -0.350 e. The topological polar surface area (TPSA) is 66.5 Å². The smallest absolute Gasteiger partial charge is 0.251 e. The van der Waals surface area contributed by atoms with E-state index in [4.69, 9.17) is 0 Å². The molecule has 0 aliphatic rings. The number of hydrogen-bond donors (Lipinski definition) is 1. The van der Waals surface area contributed by atoms with E-state index in [9.17, 15) is 17.6 Å². The van der Waals surface area contributed by atoms with Crippen molar-refractivity contribution in [2.24, 2.45) is 0 Å². The third-order valence-corrected chi connectivity index (χ3v) is 6.67. The maximum atomic E-state index is 14.2. The molecular formula is C21H27FN2O3S. The molecule has 1 unspecified atom stereocenters. The number of halogens is 1. The van der Waals surface area contributed by atoms with Crippen LogP contribution < -0.4 is 5.32 Å². The lowest BCUT2D eigenvalue weighted by Gasteiger charge is -2.19. The van der Waals surface area contributed by atoms with E-state index < -0.39 is 26.6 Å². The van der Waals surface area contributed by atoms with Crippen molar-refractivity contribution in [2.75, 3.05) is 13.1 Å². The standard InChI is InChI=1S/C21H27FN2O3S/c1-4-24(5-2)28(26,27)20-15-18(13-14-19(20)22)21(25)23-16(3)11-12-17-9-7-6-8-10-17/h6-10,13-16H,4-5,11-12H2,1-3H3,(H,23,25). The van der Waals surface area contributed by atoms with Crippen LogP contribution in [-0.4, -0.2) is 37.8 Å². The lowest BCUT2D eigenvalue weighted by atomic mass is 10.1. The van der Waals surface area contributed by atoms with Crippen molar-refractivity contribution in [2.45, 2.75) is 44.6 Å². The zero-order valence-corrected chi connectivity index (χ0v) is 17.3. The van der Waals surface area contributed by atoms with Crippen LogP contribution in [0.2, 0.25) is 0 Å². The molecule has 1 atom stereocenters. The van der Waals surface area contributed by atoms with Crippen LogP contribution in [0.4, 0.5) is 4.39 Å². The second kappa shape index (κ2) is 9.80. The molecule has 28 heavy (non-hydrogen) atoms. The van der Waals surface area contributed by atoms with Gasteiger partial charge in [0.05, 0.1) is 0 Å².